The summed E-state index contributed by atoms with van der Waals surface area (Å²) in [5.41, 5.74) is 0.355. The number of piperidine rings is 1. The Kier molecular flexibility index (Phi) is 5.06. The van der Waals surface area contributed by atoms with Crippen LogP contribution in [-0.2, 0) is 16.6 Å². The maximum absolute atomic E-state index is 12.3. The van der Waals surface area contributed by atoms with Crippen LogP contribution in [0.2, 0.25) is 0 Å². The number of benzene rings is 1. The molecule has 1 aromatic carbocycles. The molecule has 0 saturated carbocycles. The third-order valence-electron chi connectivity index (χ3n) is 4.04. The zero-order chi connectivity index (χ0) is 17.9. The van der Waals surface area contributed by atoms with Crippen LogP contribution < -0.4 is 10.0 Å². The Morgan fingerprint density at radius 3 is 2.60 bits per heavy atom. The topological polar surface area (TPSA) is 132 Å². The first kappa shape index (κ1) is 17.5. The van der Waals surface area contributed by atoms with Crippen molar-refractivity contribution >= 4 is 15.7 Å². The molecule has 0 atom stereocenters. The van der Waals surface area contributed by atoms with Crippen molar-refractivity contribution in [2.24, 2.45) is 0 Å². The van der Waals surface area contributed by atoms with Crippen molar-refractivity contribution in [3.8, 4) is 0 Å². The summed E-state index contributed by atoms with van der Waals surface area (Å²) in [7, 11) is -3.78. The molecule has 1 fully saturated rings. The van der Waals surface area contributed by atoms with Crippen molar-refractivity contribution < 1.29 is 13.3 Å². The van der Waals surface area contributed by atoms with Crippen molar-refractivity contribution in [2.45, 2.75) is 30.3 Å². The first-order valence-electron chi connectivity index (χ1n) is 7.81. The van der Waals surface area contributed by atoms with E-state index in [1.165, 1.54) is 12.1 Å². The predicted octanol–water partition coefficient (Wildman–Crippen LogP) is 0.589. The third kappa shape index (κ3) is 4.18. The highest BCUT2D eigenvalue weighted by Gasteiger charge is 2.19. The second-order valence-electron chi connectivity index (χ2n) is 5.75. The normalized spacial score (nSPS) is 16.0. The lowest BCUT2D eigenvalue weighted by Gasteiger charge is -2.22. The molecular weight excluding hydrogens is 348 g/mol. The number of aromatic nitrogens is 3. The Balaban J connectivity index is 1.64. The number of nitrogens with zero attached hydrogens (tertiary/aromatic N) is 4. The van der Waals surface area contributed by atoms with Crippen LogP contribution in [0.15, 0.2) is 35.4 Å². The van der Waals surface area contributed by atoms with Crippen LogP contribution in [-0.4, -0.2) is 41.4 Å². The average molecular weight is 366 g/mol. The van der Waals surface area contributed by atoms with Gasteiger partial charge in [0.05, 0.1) is 34.3 Å². The van der Waals surface area contributed by atoms with Gasteiger partial charge >= 0.3 is 0 Å². The largest absolute Gasteiger partial charge is 0.317 e. The molecule has 2 heterocycles. The van der Waals surface area contributed by atoms with Gasteiger partial charge in [-0.25, -0.2) is 17.8 Å². The van der Waals surface area contributed by atoms with Crippen LogP contribution in [0.1, 0.15) is 24.6 Å². The Labute approximate surface area is 144 Å². The Morgan fingerprint density at radius 2 is 1.96 bits per heavy atom. The van der Waals surface area contributed by atoms with Crippen LogP contribution in [0.25, 0.3) is 0 Å². The van der Waals surface area contributed by atoms with Gasteiger partial charge in [-0.15, -0.1) is 5.10 Å². The maximum atomic E-state index is 12.3. The molecule has 1 aliphatic heterocycles. The number of nitro groups is 1. The first-order valence-corrected chi connectivity index (χ1v) is 9.29. The molecule has 3 rings (SSSR count). The number of rotatable bonds is 6. The summed E-state index contributed by atoms with van der Waals surface area (Å²) in [5.74, 6) is 0. The highest BCUT2D eigenvalue weighted by atomic mass is 32.2. The smallest absolute Gasteiger partial charge is 0.269 e. The molecule has 2 aromatic rings. The molecule has 2 N–H and O–H groups in total. The van der Waals surface area contributed by atoms with Crippen molar-refractivity contribution in [1.29, 1.82) is 0 Å². The summed E-state index contributed by atoms with van der Waals surface area (Å²) in [4.78, 5) is 10.0. The molecule has 1 aromatic heterocycles. The molecule has 1 saturated heterocycles. The fraction of sp³-hybridized carbons (Fsp3) is 0.429. The molecule has 0 radical (unpaired) electrons. The number of nitro benzene ring substituents is 1. The minimum atomic E-state index is -3.78. The van der Waals surface area contributed by atoms with E-state index >= 15 is 0 Å². The molecule has 0 aliphatic carbocycles. The standard InChI is InChI=1S/C14H18N6O4S/c21-20(22)13-1-3-14(4-2-13)25(23,24)16-9-11-10-19(18-17-11)12-5-7-15-8-6-12/h1-4,10,12,15-16H,5-9H2. The summed E-state index contributed by atoms with van der Waals surface area (Å²) < 4.78 is 28.7. The zero-order valence-electron chi connectivity index (χ0n) is 13.3. The molecule has 10 nitrogen and oxygen atoms in total. The number of nitrogens with one attached hydrogen (secondary N) is 2. The molecule has 11 heteroatoms. The Hall–Kier alpha value is -2.37. The van der Waals surface area contributed by atoms with Gasteiger partial charge in [-0.1, -0.05) is 5.21 Å². The second-order valence-corrected chi connectivity index (χ2v) is 7.51. The lowest BCUT2D eigenvalue weighted by atomic mass is 10.1. The summed E-state index contributed by atoms with van der Waals surface area (Å²) >= 11 is 0. The summed E-state index contributed by atoms with van der Waals surface area (Å²) in [6.45, 7) is 1.85. The fourth-order valence-corrected chi connectivity index (χ4v) is 3.64. The van der Waals surface area contributed by atoms with Crippen LogP contribution >= 0.6 is 0 Å². The highest BCUT2D eigenvalue weighted by molar-refractivity contribution is 7.89. The van der Waals surface area contributed by atoms with E-state index in [0.717, 1.165) is 38.1 Å². The number of hydrogen-bond acceptors (Lipinski definition) is 7. The van der Waals surface area contributed by atoms with Gasteiger partial charge in [-0.3, -0.25) is 10.1 Å². The molecule has 25 heavy (non-hydrogen) atoms. The zero-order valence-corrected chi connectivity index (χ0v) is 14.1. The first-order chi connectivity index (χ1) is 12.0. The predicted molar refractivity (Wildman–Crippen MR) is 88.3 cm³/mol. The molecular formula is C14H18N6O4S. The van der Waals surface area contributed by atoms with E-state index in [0.29, 0.717) is 5.69 Å². The highest BCUT2D eigenvalue weighted by Crippen LogP contribution is 2.18. The van der Waals surface area contributed by atoms with Crippen molar-refractivity contribution in [3.05, 3.63) is 46.3 Å². The van der Waals surface area contributed by atoms with Gasteiger partial charge in [0.25, 0.3) is 5.69 Å². The van der Waals surface area contributed by atoms with Gasteiger partial charge < -0.3 is 5.32 Å². The van der Waals surface area contributed by atoms with Crippen molar-refractivity contribution in [3.63, 3.8) is 0 Å². The molecule has 1 aliphatic rings. The van der Waals surface area contributed by atoms with Crippen LogP contribution in [0.3, 0.4) is 0 Å². The number of sulfonamides is 1. The monoisotopic (exact) mass is 366 g/mol. The van der Waals surface area contributed by atoms with Gasteiger partial charge in [-0.05, 0) is 38.1 Å². The van der Waals surface area contributed by atoms with Crippen LogP contribution in [0.4, 0.5) is 5.69 Å². The van der Waals surface area contributed by atoms with Gasteiger partial charge in [0.15, 0.2) is 0 Å². The molecule has 0 spiro atoms. The maximum Gasteiger partial charge on any atom is 0.269 e. The van der Waals surface area contributed by atoms with E-state index in [1.807, 2.05) is 0 Å². The van der Waals surface area contributed by atoms with Crippen molar-refractivity contribution in [1.82, 2.24) is 25.0 Å². The summed E-state index contributed by atoms with van der Waals surface area (Å²) in [6.07, 6.45) is 3.66. The lowest BCUT2D eigenvalue weighted by molar-refractivity contribution is -0.384. The molecule has 0 bridgehead atoms. The quantitative estimate of drug-likeness (QED) is 0.565. The van der Waals surface area contributed by atoms with E-state index in [2.05, 4.69) is 20.4 Å². The van der Waals surface area contributed by atoms with Crippen LogP contribution in [0.5, 0.6) is 0 Å². The van der Waals surface area contributed by atoms with E-state index in [9.17, 15) is 18.5 Å². The minimum absolute atomic E-state index is 0.00426. The van der Waals surface area contributed by atoms with Crippen molar-refractivity contribution in [2.75, 3.05) is 13.1 Å². The molecule has 0 amide bonds. The average Bonchev–Trinajstić information content (AvgIpc) is 3.10. The van der Waals surface area contributed by atoms with E-state index in [1.54, 1.807) is 10.9 Å². The van der Waals surface area contributed by atoms with Crippen LogP contribution in [0, 0.1) is 10.1 Å². The van der Waals surface area contributed by atoms with Gasteiger partial charge in [0.1, 0.15) is 0 Å². The minimum Gasteiger partial charge on any atom is -0.317 e. The lowest BCUT2D eigenvalue weighted by Crippen LogP contribution is -2.29. The Bertz CT molecular complexity index is 842. The number of non-ortho nitro benzene ring substituents is 1. The van der Waals surface area contributed by atoms with Gasteiger partial charge in [-0.2, -0.15) is 0 Å². The Morgan fingerprint density at radius 1 is 1.28 bits per heavy atom. The fourth-order valence-electron chi connectivity index (χ4n) is 2.64. The summed E-state index contributed by atoms with van der Waals surface area (Å²) in [6, 6.07) is 4.98. The van der Waals surface area contributed by atoms with E-state index in [4.69, 9.17) is 0 Å². The second kappa shape index (κ2) is 7.25. The third-order valence-corrected chi connectivity index (χ3v) is 5.46. The van der Waals surface area contributed by atoms with Gasteiger partial charge in [0, 0.05) is 12.1 Å². The van der Waals surface area contributed by atoms with Gasteiger partial charge in [0.2, 0.25) is 10.0 Å². The summed E-state index contributed by atoms with van der Waals surface area (Å²) in [5, 5.41) is 22.0. The SMILES string of the molecule is O=[N+]([O-])c1ccc(S(=O)(=O)NCc2cn(C3CCNCC3)nn2)cc1. The molecule has 0 unspecified atom stereocenters. The number of hydrogen-bond donors (Lipinski definition) is 2. The molecule has 134 valence electrons. The van der Waals surface area contributed by atoms with E-state index in [-0.39, 0.29) is 23.2 Å². The van der Waals surface area contributed by atoms with E-state index < -0.39 is 14.9 Å².